The zero-order chi connectivity index (χ0) is 14.6. The van der Waals surface area contributed by atoms with Gasteiger partial charge in [-0.15, -0.1) is 11.3 Å². The zero-order valence-corrected chi connectivity index (χ0v) is 13.4. The van der Waals surface area contributed by atoms with Gasteiger partial charge < -0.3 is 4.98 Å². The molecule has 1 saturated carbocycles. The second-order valence-corrected chi connectivity index (χ2v) is 7.63. The Hall–Kier alpha value is -1.20. The van der Waals surface area contributed by atoms with E-state index in [1.54, 1.807) is 11.3 Å². The van der Waals surface area contributed by atoms with E-state index in [0.29, 0.717) is 6.04 Å². The Balaban J connectivity index is 1.66. The molecule has 2 heterocycles. The van der Waals surface area contributed by atoms with Gasteiger partial charge in [0.2, 0.25) is 0 Å². The van der Waals surface area contributed by atoms with E-state index >= 15 is 0 Å². The molecule has 0 spiro atoms. The van der Waals surface area contributed by atoms with Crippen LogP contribution in [0.4, 0.5) is 0 Å². The van der Waals surface area contributed by atoms with Gasteiger partial charge in [0, 0.05) is 10.9 Å². The third-order valence-corrected chi connectivity index (χ3v) is 6.21. The van der Waals surface area contributed by atoms with Gasteiger partial charge in [-0.25, -0.2) is 4.98 Å². The molecule has 1 N–H and O–H groups in total. The highest BCUT2D eigenvalue weighted by molar-refractivity contribution is 7.18. The molecule has 0 radical (unpaired) electrons. The first-order chi connectivity index (χ1) is 10.1. The molecule has 2 aliphatic rings. The molecule has 0 aliphatic heterocycles. The van der Waals surface area contributed by atoms with Crippen molar-refractivity contribution in [3.05, 3.63) is 26.6 Å². The summed E-state index contributed by atoms with van der Waals surface area (Å²) in [7, 11) is 2.13. The predicted molar refractivity (Wildman–Crippen MR) is 85.9 cm³/mol. The van der Waals surface area contributed by atoms with Gasteiger partial charge in [-0.1, -0.05) is 0 Å². The summed E-state index contributed by atoms with van der Waals surface area (Å²) in [6, 6.07) is 0.569. The molecule has 0 saturated heterocycles. The maximum atomic E-state index is 12.4. The van der Waals surface area contributed by atoms with Crippen LogP contribution in [0.25, 0.3) is 10.2 Å². The van der Waals surface area contributed by atoms with Crippen molar-refractivity contribution in [2.75, 3.05) is 7.05 Å². The molecule has 4 nitrogen and oxygen atoms in total. The van der Waals surface area contributed by atoms with Gasteiger partial charge in [-0.2, -0.15) is 0 Å². The Bertz CT molecular complexity index is 744. The summed E-state index contributed by atoms with van der Waals surface area (Å²) in [6.45, 7) is 3.00. The second kappa shape index (κ2) is 4.92. The van der Waals surface area contributed by atoms with Crippen molar-refractivity contribution in [1.82, 2.24) is 14.9 Å². The third-order valence-electron chi connectivity index (χ3n) is 5.02. The SMILES string of the molecule is CC(C1CC1)N(C)Cc1nc2sc3c(c2c(=O)[nH]1)CCC3. The van der Waals surface area contributed by atoms with E-state index < -0.39 is 0 Å². The fourth-order valence-electron chi connectivity index (χ4n) is 3.44. The van der Waals surface area contributed by atoms with Gasteiger partial charge in [-0.05, 0) is 57.6 Å². The second-order valence-electron chi connectivity index (χ2n) is 6.54. The number of fused-ring (bicyclic) bond motifs is 3. The molecule has 2 aromatic heterocycles. The molecule has 2 aromatic rings. The van der Waals surface area contributed by atoms with Crippen molar-refractivity contribution in [1.29, 1.82) is 0 Å². The molecule has 0 bridgehead atoms. The Morgan fingerprint density at radius 1 is 1.43 bits per heavy atom. The smallest absolute Gasteiger partial charge is 0.259 e. The van der Waals surface area contributed by atoms with E-state index in [-0.39, 0.29) is 5.56 Å². The minimum absolute atomic E-state index is 0.0573. The van der Waals surface area contributed by atoms with Gasteiger partial charge in [0.15, 0.2) is 0 Å². The molecule has 5 heteroatoms. The minimum Gasteiger partial charge on any atom is -0.309 e. The Kier molecular flexibility index (Phi) is 3.15. The molecular weight excluding hydrogens is 282 g/mol. The molecule has 4 rings (SSSR count). The van der Waals surface area contributed by atoms with Crippen LogP contribution in [0.2, 0.25) is 0 Å². The van der Waals surface area contributed by atoms with E-state index in [2.05, 4.69) is 23.9 Å². The lowest BCUT2D eigenvalue weighted by Gasteiger charge is -2.23. The fourth-order valence-corrected chi connectivity index (χ4v) is 4.72. The molecule has 21 heavy (non-hydrogen) atoms. The van der Waals surface area contributed by atoms with Gasteiger partial charge in [0.25, 0.3) is 5.56 Å². The van der Waals surface area contributed by atoms with Crippen molar-refractivity contribution in [2.45, 2.75) is 51.6 Å². The number of hydrogen-bond donors (Lipinski definition) is 1. The number of aryl methyl sites for hydroxylation is 2. The summed E-state index contributed by atoms with van der Waals surface area (Å²) < 4.78 is 0. The van der Waals surface area contributed by atoms with Crippen molar-refractivity contribution >= 4 is 21.6 Å². The molecule has 2 aliphatic carbocycles. The summed E-state index contributed by atoms with van der Waals surface area (Å²) in [5, 5.41) is 0.856. The van der Waals surface area contributed by atoms with Crippen LogP contribution in [0.1, 0.15) is 42.5 Å². The van der Waals surface area contributed by atoms with Crippen LogP contribution in [0.3, 0.4) is 0 Å². The number of hydrogen-bond acceptors (Lipinski definition) is 4. The lowest BCUT2D eigenvalue weighted by atomic mass is 10.2. The van der Waals surface area contributed by atoms with Gasteiger partial charge in [-0.3, -0.25) is 9.69 Å². The molecule has 1 unspecified atom stereocenters. The standard InChI is InChI=1S/C16H21N3OS/c1-9(10-6-7-10)19(2)8-13-17-15(20)14-11-4-3-5-12(11)21-16(14)18-13/h9-10H,3-8H2,1-2H3,(H,17,18,20). The normalized spacial score (nSPS) is 19.4. The Labute approximate surface area is 128 Å². The van der Waals surface area contributed by atoms with Gasteiger partial charge in [0.05, 0.1) is 11.9 Å². The lowest BCUT2D eigenvalue weighted by molar-refractivity contribution is 0.221. The van der Waals surface area contributed by atoms with Crippen LogP contribution in [0.5, 0.6) is 0 Å². The monoisotopic (exact) mass is 303 g/mol. The molecule has 1 atom stereocenters. The average Bonchev–Trinajstić information content (AvgIpc) is 3.09. The van der Waals surface area contributed by atoms with Crippen molar-refractivity contribution in [2.24, 2.45) is 5.92 Å². The number of thiophene rings is 1. The Morgan fingerprint density at radius 2 is 2.24 bits per heavy atom. The van der Waals surface area contributed by atoms with E-state index in [9.17, 15) is 4.79 Å². The van der Waals surface area contributed by atoms with Gasteiger partial charge >= 0.3 is 0 Å². The highest BCUT2D eigenvalue weighted by Gasteiger charge is 2.30. The summed E-state index contributed by atoms with van der Waals surface area (Å²) in [5.74, 6) is 1.64. The summed E-state index contributed by atoms with van der Waals surface area (Å²) in [6.07, 6.45) is 6.01. The fraction of sp³-hybridized carbons (Fsp3) is 0.625. The topological polar surface area (TPSA) is 49.0 Å². The van der Waals surface area contributed by atoms with Crippen LogP contribution in [-0.2, 0) is 19.4 Å². The zero-order valence-electron chi connectivity index (χ0n) is 12.6. The quantitative estimate of drug-likeness (QED) is 0.945. The molecule has 0 aromatic carbocycles. The lowest BCUT2D eigenvalue weighted by Crippen LogP contribution is -2.31. The van der Waals surface area contributed by atoms with E-state index in [0.717, 1.165) is 41.3 Å². The van der Waals surface area contributed by atoms with Crippen LogP contribution < -0.4 is 5.56 Å². The Morgan fingerprint density at radius 3 is 3.00 bits per heavy atom. The number of nitrogens with zero attached hydrogens (tertiary/aromatic N) is 2. The number of nitrogens with one attached hydrogen (secondary N) is 1. The first kappa shape index (κ1) is 13.5. The van der Waals surface area contributed by atoms with Crippen LogP contribution in [-0.4, -0.2) is 28.0 Å². The van der Waals surface area contributed by atoms with E-state index in [1.807, 2.05) is 0 Å². The average molecular weight is 303 g/mol. The van der Waals surface area contributed by atoms with Crippen molar-refractivity contribution in [3.8, 4) is 0 Å². The maximum Gasteiger partial charge on any atom is 0.259 e. The van der Waals surface area contributed by atoms with Crippen LogP contribution in [0, 0.1) is 5.92 Å². The number of aromatic amines is 1. The first-order valence-electron chi connectivity index (χ1n) is 7.87. The van der Waals surface area contributed by atoms with E-state index in [1.165, 1.54) is 29.7 Å². The largest absolute Gasteiger partial charge is 0.309 e. The molecule has 112 valence electrons. The van der Waals surface area contributed by atoms with Crippen molar-refractivity contribution < 1.29 is 0 Å². The third kappa shape index (κ3) is 2.32. The molecular formula is C16H21N3OS. The number of H-pyrrole nitrogens is 1. The maximum absolute atomic E-state index is 12.4. The minimum atomic E-state index is 0.0573. The molecule has 0 amide bonds. The highest BCUT2D eigenvalue weighted by atomic mass is 32.1. The van der Waals surface area contributed by atoms with Gasteiger partial charge in [0.1, 0.15) is 10.7 Å². The van der Waals surface area contributed by atoms with Crippen molar-refractivity contribution in [3.63, 3.8) is 0 Å². The van der Waals surface area contributed by atoms with Crippen LogP contribution >= 0.6 is 11.3 Å². The summed E-state index contributed by atoms with van der Waals surface area (Å²) in [5.41, 5.74) is 1.32. The predicted octanol–water partition coefficient (Wildman–Crippen LogP) is 2.70. The first-order valence-corrected chi connectivity index (χ1v) is 8.69. The van der Waals surface area contributed by atoms with E-state index in [4.69, 9.17) is 4.98 Å². The van der Waals surface area contributed by atoms with Crippen LogP contribution in [0.15, 0.2) is 4.79 Å². The summed E-state index contributed by atoms with van der Waals surface area (Å²) in [4.78, 5) is 24.8. The number of rotatable bonds is 4. The number of aromatic nitrogens is 2. The highest BCUT2D eigenvalue weighted by Crippen LogP contribution is 2.36. The summed E-state index contributed by atoms with van der Waals surface area (Å²) >= 11 is 1.72. The molecule has 1 fully saturated rings.